The molecular weight excluding hydrogens is 419 g/mol. The van der Waals surface area contributed by atoms with E-state index >= 15 is 0 Å². The highest BCUT2D eigenvalue weighted by molar-refractivity contribution is 6.11. The van der Waals surface area contributed by atoms with Crippen LogP contribution in [0.25, 0.3) is 33.4 Å². The second kappa shape index (κ2) is 9.28. The molecule has 0 bridgehead atoms. The van der Waals surface area contributed by atoms with Gasteiger partial charge in [0.15, 0.2) is 0 Å². The fourth-order valence-electron chi connectivity index (χ4n) is 3.67. The maximum atomic E-state index is 13.4. The van der Waals surface area contributed by atoms with Crippen molar-refractivity contribution in [1.82, 2.24) is 10.6 Å². The standard InChI is InChI=1S/C27H25FN2O3/c1-16(2)15-30-26(31)20-6-4-5-18(13-20)19-9-12-23-22(14-19)24(27(32)29-3)25(33-23)17-7-10-21(28)11-8-17/h4-14,16H,15H2,1-3H3,(H,29,32)(H,30,31). The number of carbonyl (C=O) groups excluding carboxylic acids is 2. The normalized spacial score (nSPS) is 11.1. The van der Waals surface area contributed by atoms with Gasteiger partial charge in [-0.25, -0.2) is 4.39 Å². The lowest BCUT2D eigenvalue weighted by molar-refractivity contribution is 0.0945. The first-order valence-electron chi connectivity index (χ1n) is 10.8. The number of hydrogen-bond donors (Lipinski definition) is 2. The Balaban J connectivity index is 1.78. The summed E-state index contributed by atoms with van der Waals surface area (Å²) in [4.78, 5) is 25.3. The molecule has 1 heterocycles. The van der Waals surface area contributed by atoms with Gasteiger partial charge in [0.05, 0.1) is 5.56 Å². The van der Waals surface area contributed by atoms with E-state index in [0.29, 0.717) is 45.9 Å². The zero-order valence-electron chi connectivity index (χ0n) is 18.7. The molecule has 5 nitrogen and oxygen atoms in total. The van der Waals surface area contributed by atoms with Crippen molar-refractivity contribution >= 4 is 22.8 Å². The van der Waals surface area contributed by atoms with Crippen LogP contribution < -0.4 is 10.6 Å². The second-order valence-electron chi connectivity index (χ2n) is 8.29. The highest BCUT2D eigenvalue weighted by Gasteiger charge is 2.22. The third-order valence-corrected chi connectivity index (χ3v) is 5.38. The fourth-order valence-corrected chi connectivity index (χ4v) is 3.67. The number of benzene rings is 3. The Morgan fingerprint density at radius 3 is 2.30 bits per heavy atom. The van der Waals surface area contributed by atoms with Gasteiger partial charge in [0.1, 0.15) is 17.2 Å². The summed E-state index contributed by atoms with van der Waals surface area (Å²) >= 11 is 0. The first-order chi connectivity index (χ1) is 15.9. The Hall–Kier alpha value is -3.93. The summed E-state index contributed by atoms with van der Waals surface area (Å²) in [6.45, 7) is 4.69. The molecule has 1 aromatic heterocycles. The fraction of sp³-hybridized carbons (Fsp3) is 0.185. The van der Waals surface area contributed by atoms with Crippen LogP contribution >= 0.6 is 0 Å². The van der Waals surface area contributed by atoms with Gasteiger partial charge in [0, 0.05) is 30.1 Å². The quantitative estimate of drug-likeness (QED) is 0.404. The van der Waals surface area contributed by atoms with Gasteiger partial charge in [-0.15, -0.1) is 0 Å². The summed E-state index contributed by atoms with van der Waals surface area (Å²) in [6.07, 6.45) is 0. The summed E-state index contributed by atoms with van der Waals surface area (Å²) in [5.41, 5.74) is 3.80. The van der Waals surface area contributed by atoms with Crippen LogP contribution in [0.5, 0.6) is 0 Å². The van der Waals surface area contributed by atoms with Crippen molar-refractivity contribution < 1.29 is 18.4 Å². The number of halogens is 1. The average molecular weight is 445 g/mol. The SMILES string of the molecule is CNC(=O)c1c(-c2ccc(F)cc2)oc2ccc(-c3cccc(C(=O)NCC(C)C)c3)cc12. The average Bonchev–Trinajstić information content (AvgIpc) is 3.21. The molecule has 33 heavy (non-hydrogen) atoms. The Morgan fingerprint density at radius 2 is 1.61 bits per heavy atom. The molecule has 3 aromatic carbocycles. The maximum Gasteiger partial charge on any atom is 0.255 e. The highest BCUT2D eigenvalue weighted by atomic mass is 19.1. The minimum Gasteiger partial charge on any atom is -0.455 e. The number of furan rings is 1. The van der Waals surface area contributed by atoms with Crippen LogP contribution in [-0.4, -0.2) is 25.4 Å². The molecule has 0 fully saturated rings. The van der Waals surface area contributed by atoms with Gasteiger partial charge >= 0.3 is 0 Å². The third-order valence-electron chi connectivity index (χ3n) is 5.38. The van der Waals surface area contributed by atoms with E-state index < -0.39 is 0 Å². The van der Waals surface area contributed by atoms with Crippen molar-refractivity contribution in [3.63, 3.8) is 0 Å². The van der Waals surface area contributed by atoms with E-state index in [1.807, 2.05) is 44.2 Å². The van der Waals surface area contributed by atoms with Crippen molar-refractivity contribution in [2.75, 3.05) is 13.6 Å². The minimum absolute atomic E-state index is 0.125. The molecular formula is C27H25FN2O3. The van der Waals surface area contributed by atoms with Gasteiger partial charge < -0.3 is 15.1 Å². The van der Waals surface area contributed by atoms with Crippen LogP contribution in [0.3, 0.4) is 0 Å². The van der Waals surface area contributed by atoms with Gasteiger partial charge in [-0.3, -0.25) is 9.59 Å². The van der Waals surface area contributed by atoms with E-state index in [1.165, 1.54) is 12.1 Å². The molecule has 0 aliphatic heterocycles. The summed E-state index contributed by atoms with van der Waals surface area (Å²) < 4.78 is 19.4. The maximum absolute atomic E-state index is 13.4. The smallest absolute Gasteiger partial charge is 0.255 e. The van der Waals surface area contributed by atoms with E-state index in [1.54, 1.807) is 31.3 Å². The summed E-state index contributed by atoms with van der Waals surface area (Å²) in [7, 11) is 1.55. The molecule has 0 atom stereocenters. The molecule has 0 aliphatic rings. The van der Waals surface area contributed by atoms with Gasteiger partial charge in [0.2, 0.25) is 0 Å². The predicted molar refractivity (Wildman–Crippen MR) is 128 cm³/mol. The molecule has 0 saturated carbocycles. The molecule has 6 heteroatoms. The molecule has 0 saturated heterocycles. The highest BCUT2D eigenvalue weighted by Crippen LogP contribution is 2.36. The number of hydrogen-bond acceptors (Lipinski definition) is 3. The molecule has 0 spiro atoms. The zero-order valence-corrected chi connectivity index (χ0v) is 18.7. The molecule has 2 amide bonds. The Morgan fingerprint density at radius 1 is 0.909 bits per heavy atom. The van der Waals surface area contributed by atoms with Crippen molar-refractivity contribution in [2.24, 2.45) is 5.92 Å². The largest absolute Gasteiger partial charge is 0.455 e. The van der Waals surface area contributed by atoms with Crippen LogP contribution in [0.1, 0.15) is 34.6 Å². The topological polar surface area (TPSA) is 71.3 Å². The van der Waals surface area contributed by atoms with Gasteiger partial charge in [-0.1, -0.05) is 32.0 Å². The van der Waals surface area contributed by atoms with Gasteiger partial charge in [-0.05, 0) is 65.6 Å². The molecule has 0 aliphatic carbocycles. The second-order valence-corrected chi connectivity index (χ2v) is 8.29. The first-order valence-corrected chi connectivity index (χ1v) is 10.8. The molecule has 2 N–H and O–H groups in total. The van der Waals surface area contributed by atoms with Crippen LogP contribution in [0.15, 0.2) is 71.1 Å². The lowest BCUT2D eigenvalue weighted by Crippen LogP contribution is -2.27. The van der Waals surface area contributed by atoms with E-state index in [-0.39, 0.29) is 17.6 Å². The van der Waals surface area contributed by atoms with Crippen LogP contribution in [0, 0.1) is 11.7 Å². The lowest BCUT2D eigenvalue weighted by atomic mass is 9.99. The Labute approximate surface area is 191 Å². The van der Waals surface area contributed by atoms with Crippen molar-refractivity contribution in [3.8, 4) is 22.5 Å². The molecule has 168 valence electrons. The van der Waals surface area contributed by atoms with E-state index in [4.69, 9.17) is 4.42 Å². The van der Waals surface area contributed by atoms with Crippen LogP contribution in [-0.2, 0) is 0 Å². The number of fused-ring (bicyclic) bond motifs is 1. The van der Waals surface area contributed by atoms with E-state index in [2.05, 4.69) is 10.6 Å². The summed E-state index contributed by atoms with van der Waals surface area (Å²) in [5, 5.41) is 6.23. The number of rotatable bonds is 6. The Kier molecular flexibility index (Phi) is 6.27. The van der Waals surface area contributed by atoms with Gasteiger partial charge in [0.25, 0.3) is 11.8 Å². The van der Waals surface area contributed by atoms with E-state index in [0.717, 1.165) is 11.1 Å². The number of carbonyl (C=O) groups is 2. The van der Waals surface area contributed by atoms with Crippen molar-refractivity contribution in [2.45, 2.75) is 13.8 Å². The number of amides is 2. The predicted octanol–water partition coefficient (Wildman–Crippen LogP) is 5.65. The lowest BCUT2D eigenvalue weighted by Gasteiger charge is -2.09. The zero-order chi connectivity index (χ0) is 23.5. The van der Waals surface area contributed by atoms with Crippen molar-refractivity contribution in [3.05, 3.63) is 83.7 Å². The van der Waals surface area contributed by atoms with Crippen molar-refractivity contribution in [1.29, 1.82) is 0 Å². The molecule has 0 radical (unpaired) electrons. The molecule has 4 aromatic rings. The number of nitrogens with one attached hydrogen (secondary N) is 2. The Bertz CT molecular complexity index is 1320. The summed E-state index contributed by atoms with van der Waals surface area (Å²) in [6, 6.07) is 18.8. The van der Waals surface area contributed by atoms with Crippen LogP contribution in [0.4, 0.5) is 4.39 Å². The van der Waals surface area contributed by atoms with Gasteiger partial charge in [-0.2, -0.15) is 0 Å². The summed E-state index contributed by atoms with van der Waals surface area (Å²) in [5.74, 6) is -0.0510. The molecule has 0 unspecified atom stereocenters. The minimum atomic E-state index is -0.365. The molecule has 4 rings (SSSR count). The monoisotopic (exact) mass is 444 g/mol. The first kappa shape index (κ1) is 22.3. The van der Waals surface area contributed by atoms with E-state index in [9.17, 15) is 14.0 Å². The third kappa shape index (κ3) is 4.65. The van der Waals surface area contributed by atoms with Crippen LogP contribution in [0.2, 0.25) is 0 Å².